The zero-order valence-electron chi connectivity index (χ0n) is 11.6. The lowest BCUT2D eigenvalue weighted by Crippen LogP contribution is -2.44. The molecule has 3 heterocycles. The van der Waals surface area contributed by atoms with Crippen molar-refractivity contribution in [2.24, 2.45) is 0 Å². The molecular formula is C14H18N4O2S. The number of carbonyl (C=O) groups excluding carboxylic acids is 1. The number of ether oxygens (including phenoxy) is 1. The third kappa shape index (κ3) is 3.49. The number of carbonyl (C=O) groups is 1. The Morgan fingerprint density at radius 2 is 2.33 bits per heavy atom. The average Bonchev–Trinajstić information content (AvgIpc) is 3.22. The molecule has 0 saturated carbocycles. The lowest BCUT2D eigenvalue weighted by atomic mass is 10.2. The summed E-state index contributed by atoms with van der Waals surface area (Å²) in [4.78, 5) is 19.6. The molecule has 2 aromatic rings. The maximum absolute atomic E-state index is 12.0. The number of rotatable bonds is 4. The fourth-order valence-electron chi connectivity index (χ4n) is 2.43. The molecule has 6 nitrogen and oxygen atoms in total. The van der Waals surface area contributed by atoms with Crippen molar-refractivity contribution >= 4 is 17.4 Å². The summed E-state index contributed by atoms with van der Waals surface area (Å²) in [5.41, 5.74) is 0. The predicted molar refractivity (Wildman–Crippen MR) is 80.5 cm³/mol. The maximum Gasteiger partial charge on any atom is 0.326 e. The van der Waals surface area contributed by atoms with Crippen LogP contribution in [-0.2, 0) is 4.74 Å². The molecule has 1 amide bonds. The predicted octanol–water partition coefficient (Wildman–Crippen LogP) is 1.58. The molecule has 112 valence electrons. The Morgan fingerprint density at radius 3 is 3.00 bits per heavy atom. The van der Waals surface area contributed by atoms with E-state index in [-0.39, 0.29) is 12.1 Å². The van der Waals surface area contributed by atoms with Crippen molar-refractivity contribution in [3.05, 3.63) is 41.1 Å². The Balaban J connectivity index is 1.66. The molecule has 1 unspecified atom stereocenters. The summed E-state index contributed by atoms with van der Waals surface area (Å²) in [6.07, 6.45) is 4.74. The molecule has 1 aliphatic rings. The maximum atomic E-state index is 12.0. The molecule has 0 spiro atoms. The van der Waals surface area contributed by atoms with E-state index < -0.39 is 0 Å². The van der Waals surface area contributed by atoms with E-state index in [1.54, 1.807) is 23.7 Å². The standard InChI is InChI=1S/C14H18N4O2S/c19-14(18-4-3-15-11-18)16-10-12(13-2-1-9-21-13)17-5-7-20-8-6-17/h1-4,9,11-12H,5-8,10H2,(H,16,19). The van der Waals surface area contributed by atoms with Crippen molar-refractivity contribution in [2.45, 2.75) is 6.04 Å². The number of aromatic nitrogens is 2. The molecule has 0 radical (unpaired) electrons. The first kappa shape index (κ1) is 14.2. The number of amides is 1. The van der Waals surface area contributed by atoms with Crippen molar-refractivity contribution in [3.8, 4) is 0 Å². The first-order valence-electron chi connectivity index (χ1n) is 6.96. The van der Waals surface area contributed by atoms with Gasteiger partial charge in [0.2, 0.25) is 0 Å². The van der Waals surface area contributed by atoms with Gasteiger partial charge in [0, 0.05) is 36.9 Å². The number of hydrogen-bond acceptors (Lipinski definition) is 5. The second-order valence-electron chi connectivity index (χ2n) is 4.84. The normalized spacial score (nSPS) is 17.5. The number of hydrogen-bond donors (Lipinski definition) is 1. The molecular weight excluding hydrogens is 288 g/mol. The van der Waals surface area contributed by atoms with E-state index in [9.17, 15) is 4.79 Å². The highest BCUT2D eigenvalue weighted by molar-refractivity contribution is 7.10. The first-order valence-corrected chi connectivity index (χ1v) is 7.84. The fraction of sp³-hybridized carbons (Fsp3) is 0.429. The lowest BCUT2D eigenvalue weighted by Gasteiger charge is -2.34. The van der Waals surface area contributed by atoms with E-state index in [4.69, 9.17) is 4.74 Å². The van der Waals surface area contributed by atoms with Gasteiger partial charge in [0.15, 0.2) is 0 Å². The first-order chi connectivity index (χ1) is 10.3. The molecule has 1 fully saturated rings. The molecule has 0 aliphatic carbocycles. The van der Waals surface area contributed by atoms with Gasteiger partial charge < -0.3 is 10.1 Å². The van der Waals surface area contributed by atoms with Crippen LogP contribution in [0.25, 0.3) is 0 Å². The number of nitrogens with zero attached hydrogens (tertiary/aromatic N) is 3. The van der Waals surface area contributed by atoms with Crippen LogP contribution in [0.5, 0.6) is 0 Å². The van der Waals surface area contributed by atoms with Gasteiger partial charge in [-0.1, -0.05) is 6.07 Å². The van der Waals surface area contributed by atoms with Crippen molar-refractivity contribution in [1.29, 1.82) is 0 Å². The van der Waals surface area contributed by atoms with Gasteiger partial charge in [0.1, 0.15) is 6.33 Å². The number of imidazole rings is 1. The quantitative estimate of drug-likeness (QED) is 0.931. The smallest absolute Gasteiger partial charge is 0.326 e. The topological polar surface area (TPSA) is 59.4 Å². The van der Waals surface area contributed by atoms with Crippen LogP contribution in [0.15, 0.2) is 36.2 Å². The summed E-state index contributed by atoms with van der Waals surface area (Å²) < 4.78 is 6.86. The van der Waals surface area contributed by atoms with Gasteiger partial charge in [-0.15, -0.1) is 11.3 Å². The van der Waals surface area contributed by atoms with Crippen LogP contribution in [0, 0.1) is 0 Å². The van der Waals surface area contributed by atoms with E-state index in [1.165, 1.54) is 15.8 Å². The molecule has 7 heteroatoms. The van der Waals surface area contributed by atoms with Gasteiger partial charge in [-0.3, -0.25) is 9.47 Å². The Kier molecular flexibility index (Phi) is 4.64. The molecule has 3 rings (SSSR count). The van der Waals surface area contributed by atoms with Crippen molar-refractivity contribution in [2.75, 3.05) is 32.8 Å². The minimum atomic E-state index is -0.151. The van der Waals surface area contributed by atoms with Crippen LogP contribution in [0.1, 0.15) is 10.9 Å². The summed E-state index contributed by atoms with van der Waals surface area (Å²) in [6, 6.07) is 4.21. The number of nitrogens with one attached hydrogen (secondary N) is 1. The van der Waals surface area contributed by atoms with Crippen LogP contribution in [0.2, 0.25) is 0 Å². The molecule has 0 bridgehead atoms. The van der Waals surface area contributed by atoms with Crippen LogP contribution < -0.4 is 5.32 Å². The van der Waals surface area contributed by atoms with Gasteiger partial charge in [-0.2, -0.15) is 0 Å². The largest absolute Gasteiger partial charge is 0.379 e. The highest BCUT2D eigenvalue weighted by Gasteiger charge is 2.24. The van der Waals surface area contributed by atoms with E-state index in [0.29, 0.717) is 6.54 Å². The second kappa shape index (κ2) is 6.84. The molecule has 21 heavy (non-hydrogen) atoms. The Bertz CT molecular complexity index is 550. The van der Waals surface area contributed by atoms with Crippen LogP contribution >= 0.6 is 11.3 Å². The Labute approximate surface area is 127 Å². The minimum Gasteiger partial charge on any atom is -0.379 e. The molecule has 1 aliphatic heterocycles. The molecule has 2 aromatic heterocycles. The van der Waals surface area contributed by atoms with Gasteiger partial charge in [0.05, 0.1) is 19.3 Å². The fourth-order valence-corrected chi connectivity index (χ4v) is 3.30. The zero-order chi connectivity index (χ0) is 14.5. The van der Waals surface area contributed by atoms with Crippen LogP contribution in [-0.4, -0.2) is 53.3 Å². The highest BCUT2D eigenvalue weighted by atomic mass is 32.1. The van der Waals surface area contributed by atoms with Crippen LogP contribution in [0.4, 0.5) is 4.79 Å². The average molecular weight is 306 g/mol. The van der Waals surface area contributed by atoms with E-state index in [1.807, 2.05) is 6.07 Å². The Morgan fingerprint density at radius 1 is 1.48 bits per heavy atom. The number of morpholine rings is 1. The number of thiophene rings is 1. The van der Waals surface area contributed by atoms with E-state index in [0.717, 1.165) is 26.3 Å². The summed E-state index contributed by atoms with van der Waals surface area (Å²) in [5.74, 6) is 0. The van der Waals surface area contributed by atoms with Crippen molar-refractivity contribution < 1.29 is 9.53 Å². The van der Waals surface area contributed by atoms with Crippen molar-refractivity contribution in [1.82, 2.24) is 19.8 Å². The molecule has 0 aromatic carbocycles. The van der Waals surface area contributed by atoms with Gasteiger partial charge in [0.25, 0.3) is 0 Å². The van der Waals surface area contributed by atoms with Crippen molar-refractivity contribution in [3.63, 3.8) is 0 Å². The van der Waals surface area contributed by atoms with E-state index in [2.05, 4.69) is 26.6 Å². The highest BCUT2D eigenvalue weighted by Crippen LogP contribution is 2.25. The van der Waals surface area contributed by atoms with Gasteiger partial charge >= 0.3 is 6.03 Å². The third-order valence-corrected chi connectivity index (χ3v) is 4.52. The van der Waals surface area contributed by atoms with Gasteiger partial charge in [-0.25, -0.2) is 9.78 Å². The molecule has 1 atom stereocenters. The summed E-state index contributed by atoms with van der Waals surface area (Å²) in [5, 5.41) is 5.05. The summed E-state index contributed by atoms with van der Waals surface area (Å²) in [6.45, 7) is 3.86. The minimum absolute atomic E-state index is 0.151. The molecule has 1 saturated heterocycles. The van der Waals surface area contributed by atoms with E-state index >= 15 is 0 Å². The zero-order valence-corrected chi connectivity index (χ0v) is 12.5. The lowest BCUT2D eigenvalue weighted by molar-refractivity contribution is 0.0174. The van der Waals surface area contributed by atoms with Crippen LogP contribution in [0.3, 0.4) is 0 Å². The summed E-state index contributed by atoms with van der Waals surface area (Å²) >= 11 is 1.72. The monoisotopic (exact) mass is 306 g/mol. The summed E-state index contributed by atoms with van der Waals surface area (Å²) in [7, 11) is 0. The SMILES string of the molecule is O=C(NCC(c1cccs1)N1CCOCC1)n1ccnc1. The molecule has 1 N–H and O–H groups in total. The van der Waals surface area contributed by atoms with Gasteiger partial charge in [-0.05, 0) is 11.4 Å². The Hall–Kier alpha value is -1.70. The second-order valence-corrected chi connectivity index (χ2v) is 5.81. The third-order valence-electron chi connectivity index (χ3n) is 3.54.